The number of aromatic nitrogens is 3. The predicted molar refractivity (Wildman–Crippen MR) is 136 cm³/mol. The van der Waals surface area contributed by atoms with Crippen LogP contribution >= 0.6 is 0 Å². The number of aryl methyl sites for hydroxylation is 1. The molecule has 0 radical (unpaired) electrons. The van der Waals surface area contributed by atoms with Crippen LogP contribution in [-0.4, -0.2) is 40.3 Å². The molecule has 0 atom stereocenters. The molecule has 0 saturated carbocycles. The molecule has 0 saturated heterocycles. The first-order chi connectivity index (χ1) is 17.2. The summed E-state index contributed by atoms with van der Waals surface area (Å²) in [6.45, 7) is 3.65. The van der Waals surface area contributed by atoms with Gasteiger partial charge in [0.15, 0.2) is 0 Å². The van der Waals surface area contributed by atoms with Crippen LogP contribution in [0, 0.1) is 0 Å². The summed E-state index contributed by atoms with van der Waals surface area (Å²) in [6.07, 6.45) is 9.86. The van der Waals surface area contributed by atoms with Crippen molar-refractivity contribution < 1.29 is 14.3 Å². The summed E-state index contributed by atoms with van der Waals surface area (Å²) in [7, 11) is 0. The number of pyridine rings is 2. The second-order valence-electron chi connectivity index (χ2n) is 8.36. The number of nitrogens with zero attached hydrogens (tertiary/aromatic N) is 3. The Hall–Kier alpha value is -4.13. The van der Waals surface area contributed by atoms with Gasteiger partial charge in [0.1, 0.15) is 11.6 Å². The molecule has 1 aliphatic rings. The zero-order chi connectivity index (χ0) is 24.0. The van der Waals surface area contributed by atoms with Crippen molar-refractivity contribution in [2.75, 3.05) is 25.1 Å². The molecule has 0 fully saturated rings. The minimum Gasteiger partial charge on any atom is -0.493 e. The van der Waals surface area contributed by atoms with Gasteiger partial charge in [0.05, 0.1) is 24.4 Å². The number of carbonyl (C=O) groups excluding carboxylic acids is 1. The van der Waals surface area contributed by atoms with E-state index in [2.05, 4.69) is 22.4 Å². The molecule has 0 aliphatic carbocycles. The maximum absolute atomic E-state index is 12.3. The van der Waals surface area contributed by atoms with Crippen molar-refractivity contribution in [3.63, 3.8) is 0 Å². The maximum atomic E-state index is 12.3. The molecule has 7 nitrogen and oxygen atoms in total. The highest BCUT2D eigenvalue weighted by Crippen LogP contribution is 2.28. The Labute approximate surface area is 204 Å². The minimum atomic E-state index is -0.382. The van der Waals surface area contributed by atoms with E-state index in [4.69, 9.17) is 14.5 Å². The average Bonchev–Trinajstić information content (AvgIpc) is 3.31. The molecule has 0 bridgehead atoms. The molecule has 0 unspecified atom stereocenters. The summed E-state index contributed by atoms with van der Waals surface area (Å²) in [5, 5.41) is 4.40. The van der Waals surface area contributed by atoms with Gasteiger partial charge in [-0.3, -0.25) is 4.98 Å². The van der Waals surface area contributed by atoms with Gasteiger partial charge >= 0.3 is 5.97 Å². The van der Waals surface area contributed by atoms with Crippen molar-refractivity contribution in [1.29, 1.82) is 0 Å². The number of rotatable bonds is 8. The number of benzene rings is 1. The first-order valence-electron chi connectivity index (χ1n) is 12.0. The van der Waals surface area contributed by atoms with Crippen LogP contribution in [0.2, 0.25) is 0 Å². The van der Waals surface area contributed by atoms with E-state index in [1.54, 1.807) is 19.3 Å². The van der Waals surface area contributed by atoms with Crippen molar-refractivity contribution >= 4 is 28.4 Å². The lowest BCUT2D eigenvalue weighted by Crippen LogP contribution is -2.14. The molecule has 1 aliphatic heterocycles. The largest absolute Gasteiger partial charge is 0.493 e. The topological polar surface area (TPSA) is 78.3 Å². The number of esters is 1. The quantitative estimate of drug-likeness (QED) is 0.294. The van der Waals surface area contributed by atoms with Gasteiger partial charge in [0, 0.05) is 54.3 Å². The van der Waals surface area contributed by atoms with Gasteiger partial charge in [-0.05, 0) is 67.8 Å². The summed E-state index contributed by atoms with van der Waals surface area (Å²) < 4.78 is 13.2. The van der Waals surface area contributed by atoms with Crippen LogP contribution in [-0.2, 0) is 22.4 Å². The lowest BCUT2D eigenvalue weighted by molar-refractivity contribution is -0.137. The smallest absolute Gasteiger partial charge is 0.332 e. The fourth-order valence-corrected chi connectivity index (χ4v) is 4.31. The van der Waals surface area contributed by atoms with Crippen LogP contribution in [0.5, 0.6) is 5.75 Å². The molecular weight excluding hydrogens is 440 g/mol. The molecule has 178 valence electrons. The van der Waals surface area contributed by atoms with Gasteiger partial charge in [-0.1, -0.05) is 6.07 Å². The van der Waals surface area contributed by atoms with Crippen molar-refractivity contribution in [2.24, 2.45) is 0 Å². The van der Waals surface area contributed by atoms with Gasteiger partial charge in [-0.15, -0.1) is 0 Å². The van der Waals surface area contributed by atoms with Crippen molar-refractivity contribution in [1.82, 2.24) is 14.5 Å². The first-order valence-corrected chi connectivity index (χ1v) is 12.0. The third-order valence-electron chi connectivity index (χ3n) is 6.02. The van der Waals surface area contributed by atoms with Gasteiger partial charge < -0.3 is 19.4 Å². The molecule has 0 spiro atoms. The summed E-state index contributed by atoms with van der Waals surface area (Å²) in [4.78, 5) is 21.1. The van der Waals surface area contributed by atoms with Crippen LogP contribution in [0.15, 0.2) is 73.2 Å². The number of nitrogens with one attached hydrogen (secondary N) is 1. The fourth-order valence-electron chi connectivity index (χ4n) is 4.31. The highest BCUT2D eigenvalue weighted by molar-refractivity contribution is 5.94. The number of hydrogen-bond donors (Lipinski definition) is 1. The molecule has 4 aromatic rings. The predicted octanol–water partition coefficient (Wildman–Crippen LogP) is 4.86. The van der Waals surface area contributed by atoms with Gasteiger partial charge in [-0.2, -0.15) is 0 Å². The number of hydrogen-bond acceptors (Lipinski definition) is 6. The normalized spacial score (nSPS) is 13.2. The Morgan fingerprint density at radius 1 is 1.14 bits per heavy atom. The summed E-state index contributed by atoms with van der Waals surface area (Å²) in [6, 6.07) is 16.0. The molecular formula is C28H28N4O3. The second kappa shape index (κ2) is 10.4. The van der Waals surface area contributed by atoms with Gasteiger partial charge in [0.25, 0.3) is 0 Å². The number of carbonyl (C=O) groups is 1. The van der Waals surface area contributed by atoms with E-state index in [1.807, 2.05) is 47.2 Å². The van der Waals surface area contributed by atoms with Crippen LogP contribution in [0.25, 0.3) is 16.6 Å². The number of fused-ring (bicyclic) bond motifs is 2. The SMILES string of the molecule is CCOC(=O)/C=C(/c1ccncc1)n1ccc2cc(OCCc3ccc4c(n3)NCCC4)ccc21. The van der Waals surface area contributed by atoms with E-state index >= 15 is 0 Å². The molecule has 7 heteroatoms. The highest BCUT2D eigenvalue weighted by Gasteiger charge is 2.13. The molecule has 1 aromatic carbocycles. The van der Waals surface area contributed by atoms with E-state index in [9.17, 15) is 4.79 Å². The van der Waals surface area contributed by atoms with Crippen LogP contribution in [0.3, 0.4) is 0 Å². The average molecular weight is 469 g/mol. The van der Waals surface area contributed by atoms with Gasteiger partial charge in [0.2, 0.25) is 0 Å². The summed E-state index contributed by atoms with van der Waals surface area (Å²) in [5.74, 6) is 1.43. The molecule has 35 heavy (non-hydrogen) atoms. The van der Waals surface area contributed by atoms with E-state index in [0.717, 1.165) is 65.2 Å². The molecule has 0 amide bonds. The first kappa shape index (κ1) is 22.7. The Morgan fingerprint density at radius 2 is 2.03 bits per heavy atom. The third kappa shape index (κ3) is 5.19. The fraction of sp³-hybridized carbons (Fsp3) is 0.250. The van der Waals surface area contributed by atoms with Crippen molar-refractivity contribution in [3.8, 4) is 5.75 Å². The molecule has 3 aromatic heterocycles. The van der Waals surface area contributed by atoms with Crippen LogP contribution in [0.4, 0.5) is 5.82 Å². The van der Waals surface area contributed by atoms with E-state index in [0.29, 0.717) is 13.2 Å². The maximum Gasteiger partial charge on any atom is 0.332 e. The second-order valence-corrected chi connectivity index (χ2v) is 8.36. The molecule has 4 heterocycles. The monoisotopic (exact) mass is 468 g/mol. The van der Waals surface area contributed by atoms with Crippen molar-refractivity contribution in [3.05, 3.63) is 90.0 Å². The van der Waals surface area contributed by atoms with E-state index < -0.39 is 0 Å². The number of anilines is 1. The van der Waals surface area contributed by atoms with Crippen LogP contribution < -0.4 is 10.1 Å². The Bertz CT molecular complexity index is 1360. The van der Waals surface area contributed by atoms with Crippen LogP contribution in [0.1, 0.15) is 30.2 Å². The molecule has 1 N–H and O–H groups in total. The summed E-state index contributed by atoms with van der Waals surface area (Å²) in [5.41, 5.74) is 4.88. The van der Waals surface area contributed by atoms with Crippen molar-refractivity contribution in [2.45, 2.75) is 26.2 Å². The zero-order valence-electron chi connectivity index (χ0n) is 19.7. The lowest BCUT2D eigenvalue weighted by atomic mass is 10.1. The Kier molecular flexibility index (Phi) is 6.75. The lowest BCUT2D eigenvalue weighted by Gasteiger charge is -2.17. The van der Waals surface area contributed by atoms with Gasteiger partial charge in [-0.25, -0.2) is 9.78 Å². The third-order valence-corrected chi connectivity index (χ3v) is 6.02. The number of ether oxygens (including phenoxy) is 2. The molecule has 5 rings (SSSR count). The Morgan fingerprint density at radius 3 is 2.89 bits per heavy atom. The van der Waals surface area contributed by atoms with E-state index in [-0.39, 0.29) is 5.97 Å². The summed E-state index contributed by atoms with van der Waals surface area (Å²) >= 11 is 0. The van der Waals surface area contributed by atoms with E-state index in [1.165, 1.54) is 11.6 Å². The zero-order valence-corrected chi connectivity index (χ0v) is 19.7. The Balaban J connectivity index is 1.33. The standard InChI is InChI=1S/C28H28N4O3/c1-2-34-27(33)19-26(20-9-14-29-15-10-20)32-16-11-22-18-24(7-8-25(22)32)35-17-12-23-6-5-21-4-3-13-30-28(21)31-23/h5-11,14-16,18-19H,2-4,12-13,17H2,1H3,(H,30,31)/b26-19-. The minimum absolute atomic E-state index is 0.323. The highest BCUT2D eigenvalue weighted by atomic mass is 16.5.